The second-order valence-electron chi connectivity index (χ2n) is 5.19. The standard InChI is InChI=1S/C13H18N2O5S/c1-8-7-21-13(20)14(8)4-2-3-11(17)15-6-9(16)5-10(15)12(18)19/h7,9-10,16H,2-6H2,1H3,(H,18,19)/t9-,10-/m1/s1. The van der Waals surface area contributed by atoms with Crippen molar-refractivity contribution in [2.45, 2.75) is 44.9 Å². The zero-order valence-electron chi connectivity index (χ0n) is 11.7. The molecule has 1 aromatic rings. The summed E-state index contributed by atoms with van der Waals surface area (Å²) < 4.78 is 1.60. The van der Waals surface area contributed by atoms with Gasteiger partial charge in [-0.3, -0.25) is 9.59 Å². The lowest BCUT2D eigenvalue weighted by Gasteiger charge is -2.21. The molecule has 0 saturated carbocycles. The van der Waals surface area contributed by atoms with Gasteiger partial charge in [-0.05, 0) is 13.3 Å². The summed E-state index contributed by atoms with van der Waals surface area (Å²) in [6.45, 7) is 2.33. The van der Waals surface area contributed by atoms with Crippen LogP contribution in [0.5, 0.6) is 0 Å². The maximum absolute atomic E-state index is 12.1. The lowest BCUT2D eigenvalue weighted by atomic mass is 10.2. The van der Waals surface area contributed by atoms with E-state index in [1.54, 1.807) is 9.95 Å². The average molecular weight is 314 g/mol. The first-order valence-corrected chi connectivity index (χ1v) is 7.63. The van der Waals surface area contributed by atoms with Crippen LogP contribution in [-0.4, -0.2) is 50.2 Å². The molecule has 21 heavy (non-hydrogen) atoms. The Hall–Kier alpha value is -1.67. The molecule has 2 rings (SSSR count). The van der Waals surface area contributed by atoms with E-state index in [-0.39, 0.29) is 30.2 Å². The number of likely N-dealkylation sites (tertiary alicyclic amines) is 1. The number of carbonyl (C=O) groups excluding carboxylic acids is 1. The summed E-state index contributed by atoms with van der Waals surface area (Å²) in [6, 6.07) is -0.946. The van der Waals surface area contributed by atoms with E-state index in [2.05, 4.69) is 0 Å². The number of carboxylic acid groups (broad SMARTS) is 1. The monoisotopic (exact) mass is 314 g/mol. The minimum atomic E-state index is -1.09. The van der Waals surface area contributed by atoms with Gasteiger partial charge in [0.05, 0.1) is 6.10 Å². The largest absolute Gasteiger partial charge is 0.480 e. The van der Waals surface area contributed by atoms with Gasteiger partial charge in [-0.2, -0.15) is 0 Å². The van der Waals surface area contributed by atoms with Gasteiger partial charge in [-0.1, -0.05) is 11.3 Å². The van der Waals surface area contributed by atoms with Gasteiger partial charge in [0.15, 0.2) is 0 Å². The van der Waals surface area contributed by atoms with Gasteiger partial charge < -0.3 is 19.7 Å². The molecule has 0 spiro atoms. The van der Waals surface area contributed by atoms with Gasteiger partial charge in [-0.15, -0.1) is 0 Å². The Kier molecular flexibility index (Phi) is 4.79. The first-order chi connectivity index (χ1) is 9.90. The summed E-state index contributed by atoms with van der Waals surface area (Å²) in [5, 5.41) is 20.3. The van der Waals surface area contributed by atoms with Crippen molar-refractivity contribution in [1.82, 2.24) is 9.47 Å². The van der Waals surface area contributed by atoms with Crippen molar-refractivity contribution in [3.63, 3.8) is 0 Å². The topological polar surface area (TPSA) is 99.8 Å². The second-order valence-corrected chi connectivity index (χ2v) is 6.01. The lowest BCUT2D eigenvalue weighted by Crippen LogP contribution is -2.40. The molecule has 8 heteroatoms. The first-order valence-electron chi connectivity index (χ1n) is 6.75. The Balaban J connectivity index is 1.90. The average Bonchev–Trinajstić information content (AvgIpc) is 2.95. The molecule has 1 fully saturated rings. The fourth-order valence-corrected chi connectivity index (χ4v) is 3.29. The van der Waals surface area contributed by atoms with E-state index in [4.69, 9.17) is 5.11 Å². The Morgan fingerprint density at radius 2 is 2.19 bits per heavy atom. The predicted molar refractivity (Wildman–Crippen MR) is 76.3 cm³/mol. The van der Waals surface area contributed by atoms with Crippen molar-refractivity contribution in [1.29, 1.82) is 0 Å². The zero-order valence-corrected chi connectivity index (χ0v) is 12.5. The maximum atomic E-state index is 12.1. The van der Waals surface area contributed by atoms with E-state index >= 15 is 0 Å². The maximum Gasteiger partial charge on any atom is 0.326 e. The van der Waals surface area contributed by atoms with Gasteiger partial charge in [-0.25, -0.2) is 4.79 Å². The predicted octanol–water partition coefficient (Wildman–Crippen LogP) is 0.0448. The number of carboxylic acids is 1. The smallest absolute Gasteiger partial charge is 0.326 e. The minimum absolute atomic E-state index is 0.0556. The Morgan fingerprint density at radius 3 is 2.76 bits per heavy atom. The third-order valence-corrected chi connectivity index (χ3v) is 4.51. The second kappa shape index (κ2) is 6.40. The molecule has 1 aromatic heterocycles. The summed E-state index contributed by atoms with van der Waals surface area (Å²) in [5.74, 6) is -1.38. The molecule has 1 aliphatic rings. The number of β-amino-alcohol motifs (C(OH)–C–C–N with tert-alkyl or cyclic N) is 1. The molecule has 2 N–H and O–H groups in total. The van der Waals surface area contributed by atoms with Crippen molar-refractivity contribution in [2.75, 3.05) is 6.54 Å². The van der Waals surface area contributed by atoms with E-state index < -0.39 is 18.1 Å². The van der Waals surface area contributed by atoms with Crippen molar-refractivity contribution >= 4 is 23.2 Å². The number of rotatable bonds is 5. The number of carbonyl (C=O) groups is 2. The molecule has 1 aliphatic heterocycles. The van der Waals surface area contributed by atoms with Crippen LogP contribution in [0.15, 0.2) is 10.2 Å². The normalized spacial score (nSPS) is 21.7. The van der Waals surface area contributed by atoms with Crippen LogP contribution in [0, 0.1) is 6.92 Å². The zero-order chi connectivity index (χ0) is 15.6. The molecular formula is C13H18N2O5S. The van der Waals surface area contributed by atoms with Gasteiger partial charge in [0, 0.05) is 37.0 Å². The highest BCUT2D eigenvalue weighted by Gasteiger charge is 2.38. The summed E-state index contributed by atoms with van der Waals surface area (Å²) >= 11 is 1.12. The van der Waals surface area contributed by atoms with Crippen molar-refractivity contribution < 1.29 is 19.8 Å². The highest BCUT2D eigenvalue weighted by molar-refractivity contribution is 7.07. The molecule has 0 bridgehead atoms. The summed E-state index contributed by atoms with van der Waals surface area (Å²) in [7, 11) is 0. The van der Waals surface area contributed by atoms with Crippen LogP contribution in [0.25, 0.3) is 0 Å². The highest BCUT2D eigenvalue weighted by Crippen LogP contribution is 2.19. The molecule has 0 radical (unpaired) electrons. The number of amides is 1. The Bertz CT molecular complexity index is 594. The number of aliphatic hydroxyl groups excluding tert-OH is 1. The molecule has 2 atom stereocenters. The fraction of sp³-hybridized carbons (Fsp3) is 0.615. The first kappa shape index (κ1) is 15.7. The van der Waals surface area contributed by atoms with Crippen molar-refractivity contribution in [3.05, 3.63) is 20.7 Å². The van der Waals surface area contributed by atoms with Crippen LogP contribution < -0.4 is 4.87 Å². The van der Waals surface area contributed by atoms with Crippen molar-refractivity contribution in [2.24, 2.45) is 0 Å². The number of thiazole rings is 1. The highest BCUT2D eigenvalue weighted by atomic mass is 32.1. The Labute approximate surface area is 125 Å². The number of nitrogens with zero attached hydrogens (tertiary/aromatic N) is 2. The Morgan fingerprint density at radius 1 is 1.48 bits per heavy atom. The lowest BCUT2D eigenvalue weighted by molar-refractivity contribution is -0.148. The summed E-state index contributed by atoms with van der Waals surface area (Å²) in [4.78, 5) is 35.8. The molecule has 0 unspecified atom stereocenters. The van der Waals surface area contributed by atoms with Gasteiger partial charge in [0.2, 0.25) is 5.91 Å². The van der Waals surface area contributed by atoms with Gasteiger partial charge in [0.1, 0.15) is 6.04 Å². The number of hydrogen-bond acceptors (Lipinski definition) is 5. The van der Waals surface area contributed by atoms with E-state index in [0.29, 0.717) is 13.0 Å². The van der Waals surface area contributed by atoms with Gasteiger partial charge >= 0.3 is 10.8 Å². The summed E-state index contributed by atoms with van der Waals surface area (Å²) in [6.07, 6.45) is -0.0748. The van der Waals surface area contributed by atoms with Crippen LogP contribution in [0.3, 0.4) is 0 Å². The third kappa shape index (κ3) is 3.51. The molecule has 1 saturated heterocycles. The fourth-order valence-electron chi connectivity index (χ4n) is 2.53. The number of aliphatic hydroxyl groups is 1. The molecule has 0 aromatic carbocycles. The molecule has 1 amide bonds. The van der Waals surface area contributed by atoms with E-state index in [9.17, 15) is 19.5 Å². The van der Waals surface area contributed by atoms with E-state index in [0.717, 1.165) is 17.0 Å². The quantitative estimate of drug-likeness (QED) is 0.799. The third-order valence-electron chi connectivity index (χ3n) is 3.63. The van der Waals surface area contributed by atoms with E-state index in [1.165, 1.54) is 4.90 Å². The number of hydrogen-bond donors (Lipinski definition) is 2. The van der Waals surface area contributed by atoms with Crippen LogP contribution in [0.2, 0.25) is 0 Å². The molecule has 0 aliphatic carbocycles. The van der Waals surface area contributed by atoms with Crippen LogP contribution in [-0.2, 0) is 16.1 Å². The van der Waals surface area contributed by atoms with Crippen LogP contribution in [0.1, 0.15) is 25.0 Å². The number of aryl methyl sites for hydroxylation is 1. The number of aromatic nitrogens is 1. The minimum Gasteiger partial charge on any atom is -0.480 e. The molecular weight excluding hydrogens is 296 g/mol. The molecule has 7 nitrogen and oxygen atoms in total. The van der Waals surface area contributed by atoms with E-state index in [1.807, 2.05) is 6.92 Å². The number of aliphatic carboxylic acids is 1. The van der Waals surface area contributed by atoms with Crippen LogP contribution >= 0.6 is 11.3 Å². The molecule has 116 valence electrons. The van der Waals surface area contributed by atoms with Gasteiger partial charge in [0.25, 0.3) is 0 Å². The van der Waals surface area contributed by atoms with Crippen molar-refractivity contribution in [3.8, 4) is 0 Å². The molecule has 2 heterocycles. The summed E-state index contributed by atoms with van der Waals surface area (Å²) in [5.41, 5.74) is 0.859. The van der Waals surface area contributed by atoms with Crippen LogP contribution in [0.4, 0.5) is 0 Å². The SMILES string of the molecule is Cc1csc(=O)n1CCCC(=O)N1C[C@H](O)C[C@@H]1C(=O)O.